The molecule has 14 heteroatoms. The summed E-state index contributed by atoms with van der Waals surface area (Å²) in [5, 5.41) is 1.37. The minimum Gasteiger partial charge on any atom is -0.467 e. The minimum absolute atomic E-state index is 0.0644. The van der Waals surface area contributed by atoms with E-state index in [2.05, 4.69) is 40.7 Å². The van der Waals surface area contributed by atoms with Crippen molar-refractivity contribution in [2.24, 2.45) is 0 Å². The second-order valence-corrected chi connectivity index (χ2v) is 7.25. The predicted molar refractivity (Wildman–Crippen MR) is 101 cm³/mol. The third-order valence-corrected chi connectivity index (χ3v) is 4.19. The highest BCUT2D eigenvalue weighted by Gasteiger charge is 2.32. The van der Waals surface area contributed by atoms with E-state index in [1.165, 1.54) is 0 Å². The molecule has 0 aliphatic rings. The largest absolute Gasteiger partial charge is 0.467 e. The first-order valence-electron chi connectivity index (χ1n) is 8.33. The van der Waals surface area contributed by atoms with E-state index in [0.29, 0.717) is 6.42 Å². The molecule has 0 bridgehead atoms. The summed E-state index contributed by atoms with van der Waals surface area (Å²) in [5.74, 6) is -3.06. The number of amides is 1. The number of ether oxygens (including phenoxy) is 2. The van der Waals surface area contributed by atoms with Crippen LogP contribution in [0.5, 0.6) is 11.8 Å². The van der Waals surface area contributed by atoms with Crippen LogP contribution in [0.3, 0.4) is 0 Å². The third kappa shape index (κ3) is 9.17. The molecule has 6 nitrogen and oxygen atoms in total. The van der Waals surface area contributed by atoms with Gasteiger partial charge in [-0.15, -0.1) is 0 Å². The molecule has 1 aromatic heterocycles. The number of carbonyl (C=O) groups is 1. The van der Waals surface area contributed by atoms with Gasteiger partial charge >= 0.3 is 12.4 Å². The van der Waals surface area contributed by atoms with E-state index in [1.54, 1.807) is 24.3 Å². The summed E-state index contributed by atoms with van der Waals surface area (Å²) in [5.41, 5.74) is 0.818. The zero-order valence-electron chi connectivity index (χ0n) is 15.3. The molecule has 0 saturated heterocycles. The number of nitrogens with one attached hydrogen (secondary N) is 1. The molecule has 0 aliphatic heterocycles. The summed E-state index contributed by atoms with van der Waals surface area (Å²) in [4.78, 5) is 19.2. The first-order chi connectivity index (χ1) is 14.3. The fraction of sp³-hybridized carbons (Fsp3) is 0.353. The highest BCUT2D eigenvalue weighted by molar-refractivity contribution is 9.10. The molecule has 0 saturated carbocycles. The van der Waals surface area contributed by atoms with Gasteiger partial charge in [0.15, 0.2) is 18.2 Å². The Bertz CT molecular complexity index is 870. The fourth-order valence-electron chi connectivity index (χ4n) is 2.05. The fourth-order valence-corrected chi connectivity index (χ4v) is 2.51. The summed E-state index contributed by atoms with van der Waals surface area (Å²) < 4.78 is 84.1. The van der Waals surface area contributed by atoms with Crippen LogP contribution in [0, 0.1) is 0 Å². The average molecular weight is 537 g/mol. The molecule has 0 fully saturated rings. The van der Waals surface area contributed by atoms with Crippen LogP contribution in [0.1, 0.15) is 12.0 Å². The van der Waals surface area contributed by atoms with Crippen molar-refractivity contribution >= 4 is 39.4 Å². The van der Waals surface area contributed by atoms with Crippen molar-refractivity contribution in [1.82, 2.24) is 9.97 Å². The Morgan fingerprint density at radius 3 is 1.90 bits per heavy atom. The van der Waals surface area contributed by atoms with E-state index < -0.39 is 54.2 Å². The normalized spacial score (nSPS) is 11.9. The van der Waals surface area contributed by atoms with Crippen LogP contribution in [0.2, 0.25) is 5.02 Å². The average Bonchev–Trinajstić information content (AvgIpc) is 2.65. The molecule has 1 amide bonds. The van der Waals surface area contributed by atoms with Gasteiger partial charge in [0, 0.05) is 10.9 Å². The van der Waals surface area contributed by atoms with Crippen molar-refractivity contribution in [1.29, 1.82) is 0 Å². The lowest BCUT2D eigenvalue weighted by atomic mass is 10.1. The minimum atomic E-state index is -4.77. The van der Waals surface area contributed by atoms with Gasteiger partial charge in [0.2, 0.25) is 23.6 Å². The molecule has 0 radical (unpaired) electrons. The molecular formula is C17H13BrClF6N3O3. The summed E-state index contributed by atoms with van der Waals surface area (Å²) in [6.45, 7) is -3.64. The predicted octanol–water partition coefficient (Wildman–Crippen LogP) is 5.35. The second-order valence-electron chi connectivity index (χ2n) is 5.95. The van der Waals surface area contributed by atoms with Gasteiger partial charge in [-0.3, -0.25) is 10.1 Å². The van der Waals surface area contributed by atoms with E-state index in [0.717, 1.165) is 10.0 Å². The molecule has 31 heavy (non-hydrogen) atoms. The van der Waals surface area contributed by atoms with Crippen LogP contribution in [-0.2, 0) is 11.2 Å². The summed E-state index contributed by atoms with van der Waals surface area (Å²) in [7, 11) is 0. The molecule has 0 atom stereocenters. The van der Waals surface area contributed by atoms with Crippen LogP contribution in [0.4, 0.5) is 32.3 Å². The zero-order chi connectivity index (χ0) is 23.2. The molecule has 2 rings (SSSR count). The summed E-state index contributed by atoms with van der Waals surface area (Å²) in [6.07, 6.45) is -9.29. The van der Waals surface area contributed by atoms with Crippen molar-refractivity contribution in [2.75, 3.05) is 18.5 Å². The lowest BCUT2D eigenvalue weighted by Crippen LogP contribution is -2.22. The van der Waals surface area contributed by atoms with E-state index in [1.807, 2.05) is 0 Å². The maximum Gasteiger partial charge on any atom is 0.422 e. The number of halogens is 8. The quantitative estimate of drug-likeness (QED) is 0.461. The number of nitrogens with zero attached hydrogens (tertiary/aromatic N) is 2. The number of aromatic nitrogens is 2. The first kappa shape index (κ1) is 25.0. The monoisotopic (exact) mass is 535 g/mol. The number of alkyl halides is 6. The zero-order valence-corrected chi connectivity index (χ0v) is 17.6. The Morgan fingerprint density at radius 2 is 1.45 bits per heavy atom. The molecule has 1 N–H and O–H groups in total. The number of hydrogen-bond acceptors (Lipinski definition) is 5. The third-order valence-electron chi connectivity index (χ3n) is 3.34. The molecule has 170 valence electrons. The number of benzene rings is 1. The number of hydrogen-bond donors (Lipinski definition) is 1. The standard InChI is InChI=1S/C17H13BrClF6N3O3/c18-10-4-1-9(2-5-10)3-6-11(29)26-15-27-13(30-7-16(20,21)22)12(19)14(28-15)31-8-17(23,24)25/h1-2,4-5H,3,6-8H2,(H,26,27,28,29). The molecule has 2 aromatic rings. The summed E-state index contributed by atoms with van der Waals surface area (Å²) >= 11 is 8.97. The maximum absolute atomic E-state index is 12.4. The number of rotatable bonds is 8. The molecule has 1 heterocycles. The summed E-state index contributed by atoms with van der Waals surface area (Å²) in [6, 6.07) is 7.07. The molecule has 0 unspecified atom stereocenters. The van der Waals surface area contributed by atoms with E-state index in [4.69, 9.17) is 11.6 Å². The van der Waals surface area contributed by atoms with E-state index in [9.17, 15) is 31.1 Å². The van der Waals surface area contributed by atoms with Gasteiger partial charge in [0.05, 0.1) is 0 Å². The van der Waals surface area contributed by atoms with Gasteiger partial charge in [0.25, 0.3) is 0 Å². The molecule has 0 spiro atoms. The van der Waals surface area contributed by atoms with Crippen molar-refractivity contribution < 1.29 is 40.6 Å². The topological polar surface area (TPSA) is 73.3 Å². The SMILES string of the molecule is O=C(CCc1ccc(Br)cc1)Nc1nc(OCC(F)(F)F)c(Cl)c(OCC(F)(F)F)n1. The highest BCUT2D eigenvalue weighted by Crippen LogP contribution is 2.34. The van der Waals surface area contributed by atoms with Gasteiger partial charge < -0.3 is 9.47 Å². The highest BCUT2D eigenvalue weighted by atomic mass is 79.9. The van der Waals surface area contributed by atoms with Crippen LogP contribution in [0.25, 0.3) is 0 Å². The lowest BCUT2D eigenvalue weighted by Gasteiger charge is -2.15. The van der Waals surface area contributed by atoms with Crippen LogP contribution < -0.4 is 14.8 Å². The van der Waals surface area contributed by atoms with Crippen LogP contribution in [-0.4, -0.2) is 41.4 Å². The second kappa shape index (κ2) is 10.4. The smallest absolute Gasteiger partial charge is 0.422 e. The Labute approximate surface area is 185 Å². The Balaban J connectivity index is 2.15. The van der Waals surface area contributed by atoms with E-state index in [-0.39, 0.29) is 6.42 Å². The van der Waals surface area contributed by atoms with Gasteiger partial charge in [-0.1, -0.05) is 39.7 Å². The van der Waals surface area contributed by atoms with Crippen LogP contribution in [0.15, 0.2) is 28.7 Å². The van der Waals surface area contributed by atoms with E-state index >= 15 is 0 Å². The van der Waals surface area contributed by atoms with Crippen molar-refractivity contribution in [3.8, 4) is 11.8 Å². The Hall–Kier alpha value is -2.28. The number of aryl methyl sites for hydroxylation is 1. The lowest BCUT2D eigenvalue weighted by molar-refractivity contribution is -0.154. The Kier molecular flexibility index (Phi) is 8.34. The van der Waals surface area contributed by atoms with Gasteiger partial charge in [-0.25, -0.2) is 0 Å². The Morgan fingerprint density at radius 1 is 0.968 bits per heavy atom. The van der Waals surface area contributed by atoms with Gasteiger partial charge in [-0.2, -0.15) is 36.3 Å². The number of carbonyl (C=O) groups excluding carboxylic acids is 1. The molecular weight excluding hydrogens is 524 g/mol. The first-order valence-corrected chi connectivity index (χ1v) is 9.50. The molecule has 0 aliphatic carbocycles. The molecule has 1 aromatic carbocycles. The van der Waals surface area contributed by atoms with Crippen LogP contribution >= 0.6 is 27.5 Å². The van der Waals surface area contributed by atoms with Crippen molar-refractivity contribution in [3.63, 3.8) is 0 Å². The van der Waals surface area contributed by atoms with Gasteiger partial charge in [0.1, 0.15) is 0 Å². The maximum atomic E-state index is 12.4. The van der Waals surface area contributed by atoms with Crippen molar-refractivity contribution in [2.45, 2.75) is 25.2 Å². The number of anilines is 1. The van der Waals surface area contributed by atoms with Gasteiger partial charge in [-0.05, 0) is 24.1 Å². The van der Waals surface area contributed by atoms with Crippen molar-refractivity contribution in [3.05, 3.63) is 39.3 Å².